The molecule has 78 valence electrons. The molecular formula is C9H7Cl2F3. The van der Waals surface area contributed by atoms with E-state index in [9.17, 15) is 13.2 Å². The standard InChI is InChI=1S/C9H7Cl2F3/c1-4-3-6(9(12,13)14)5(2)8(11)7(4)10/h3H,1-2H3. The van der Waals surface area contributed by atoms with Crippen molar-refractivity contribution in [3.8, 4) is 0 Å². The normalized spacial score (nSPS) is 11.9. The van der Waals surface area contributed by atoms with Gasteiger partial charge in [-0.2, -0.15) is 13.2 Å². The van der Waals surface area contributed by atoms with Crippen molar-refractivity contribution in [1.29, 1.82) is 0 Å². The van der Waals surface area contributed by atoms with Crippen LogP contribution >= 0.6 is 23.2 Å². The number of aryl methyl sites for hydroxylation is 1. The van der Waals surface area contributed by atoms with Crippen LogP contribution in [0.2, 0.25) is 10.0 Å². The van der Waals surface area contributed by atoms with E-state index in [4.69, 9.17) is 23.2 Å². The van der Waals surface area contributed by atoms with Crippen molar-refractivity contribution in [3.05, 3.63) is 32.8 Å². The lowest BCUT2D eigenvalue weighted by Crippen LogP contribution is -2.08. The van der Waals surface area contributed by atoms with Gasteiger partial charge in [-0.3, -0.25) is 0 Å². The van der Waals surface area contributed by atoms with E-state index in [0.29, 0.717) is 5.56 Å². The molecule has 0 unspecified atom stereocenters. The molecule has 0 spiro atoms. The van der Waals surface area contributed by atoms with E-state index in [1.54, 1.807) is 0 Å². The summed E-state index contributed by atoms with van der Waals surface area (Å²) in [4.78, 5) is 0. The number of rotatable bonds is 0. The van der Waals surface area contributed by atoms with Gasteiger partial charge in [-0.1, -0.05) is 23.2 Å². The molecule has 0 nitrogen and oxygen atoms in total. The Hall–Kier alpha value is -0.410. The largest absolute Gasteiger partial charge is 0.416 e. The highest BCUT2D eigenvalue weighted by molar-refractivity contribution is 6.43. The Morgan fingerprint density at radius 2 is 1.57 bits per heavy atom. The zero-order chi connectivity index (χ0) is 11.1. The molecule has 0 heterocycles. The van der Waals surface area contributed by atoms with Crippen molar-refractivity contribution in [3.63, 3.8) is 0 Å². The smallest absolute Gasteiger partial charge is 0.166 e. The Bertz CT molecular complexity index is 369. The van der Waals surface area contributed by atoms with Crippen molar-refractivity contribution < 1.29 is 13.2 Å². The molecule has 0 atom stereocenters. The summed E-state index contributed by atoms with van der Waals surface area (Å²) in [5.74, 6) is 0. The van der Waals surface area contributed by atoms with Gasteiger partial charge in [0.1, 0.15) is 0 Å². The summed E-state index contributed by atoms with van der Waals surface area (Å²) in [6.07, 6.45) is -4.39. The highest BCUT2D eigenvalue weighted by atomic mass is 35.5. The van der Waals surface area contributed by atoms with Gasteiger partial charge in [0, 0.05) is 0 Å². The van der Waals surface area contributed by atoms with E-state index < -0.39 is 11.7 Å². The zero-order valence-electron chi connectivity index (χ0n) is 7.47. The van der Waals surface area contributed by atoms with Crippen LogP contribution in [-0.4, -0.2) is 0 Å². The second-order valence-electron chi connectivity index (χ2n) is 2.99. The fraction of sp³-hybridized carbons (Fsp3) is 0.333. The molecule has 0 bridgehead atoms. The monoisotopic (exact) mass is 242 g/mol. The van der Waals surface area contributed by atoms with Crippen molar-refractivity contribution in [2.75, 3.05) is 0 Å². The Morgan fingerprint density at radius 3 is 2.00 bits per heavy atom. The number of hydrogen-bond donors (Lipinski definition) is 0. The van der Waals surface area contributed by atoms with Crippen molar-refractivity contribution >= 4 is 23.2 Å². The third-order valence-corrected chi connectivity index (χ3v) is 2.99. The van der Waals surface area contributed by atoms with Gasteiger partial charge < -0.3 is 0 Å². The molecule has 1 aromatic rings. The molecule has 0 amide bonds. The number of alkyl halides is 3. The molecule has 1 aromatic carbocycles. The van der Waals surface area contributed by atoms with Crippen molar-refractivity contribution in [1.82, 2.24) is 0 Å². The average molecular weight is 243 g/mol. The first-order chi connectivity index (χ1) is 6.25. The van der Waals surface area contributed by atoms with Crippen LogP contribution in [0.4, 0.5) is 13.2 Å². The van der Waals surface area contributed by atoms with E-state index in [1.165, 1.54) is 13.8 Å². The summed E-state index contributed by atoms with van der Waals surface area (Å²) in [6.45, 7) is 2.79. The molecule has 1 rings (SSSR count). The highest BCUT2D eigenvalue weighted by Crippen LogP contribution is 2.39. The van der Waals surface area contributed by atoms with E-state index in [2.05, 4.69) is 0 Å². The second kappa shape index (κ2) is 3.63. The summed E-state index contributed by atoms with van der Waals surface area (Å²) >= 11 is 11.4. The van der Waals surface area contributed by atoms with Gasteiger partial charge in [0.15, 0.2) is 0 Å². The maximum Gasteiger partial charge on any atom is 0.416 e. The minimum absolute atomic E-state index is 0.0287. The molecule has 0 saturated carbocycles. The molecular weight excluding hydrogens is 236 g/mol. The van der Waals surface area contributed by atoms with Crippen LogP contribution in [0.15, 0.2) is 6.07 Å². The molecule has 0 fully saturated rings. The maximum absolute atomic E-state index is 12.4. The van der Waals surface area contributed by atoms with E-state index in [1.807, 2.05) is 0 Å². The van der Waals surface area contributed by atoms with Crippen LogP contribution in [0.5, 0.6) is 0 Å². The summed E-state index contributed by atoms with van der Waals surface area (Å²) in [6, 6.07) is 1.00. The van der Waals surface area contributed by atoms with Crippen LogP contribution in [0.3, 0.4) is 0 Å². The van der Waals surface area contributed by atoms with Gasteiger partial charge >= 0.3 is 6.18 Å². The summed E-state index contributed by atoms with van der Waals surface area (Å²) < 4.78 is 37.3. The zero-order valence-corrected chi connectivity index (χ0v) is 8.98. The maximum atomic E-state index is 12.4. The fourth-order valence-electron chi connectivity index (χ4n) is 1.14. The van der Waals surface area contributed by atoms with Crippen LogP contribution in [0, 0.1) is 13.8 Å². The van der Waals surface area contributed by atoms with Gasteiger partial charge in [-0.25, -0.2) is 0 Å². The number of hydrogen-bond acceptors (Lipinski definition) is 0. The molecule has 0 saturated heterocycles. The second-order valence-corrected chi connectivity index (χ2v) is 3.75. The molecule has 0 aromatic heterocycles. The molecule has 0 radical (unpaired) electrons. The number of benzene rings is 1. The lowest BCUT2D eigenvalue weighted by molar-refractivity contribution is -0.138. The minimum atomic E-state index is -4.39. The van der Waals surface area contributed by atoms with E-state index >= 15 is 0 Å². The Morgan fingerprint density at radius 1 is 1.07 bits per heavy atom. The lowest BCUT2D eigenvalue weighted by atomic mass is 10.1. The molecule has 0 N–H and O–H groups in total. The topological polar surface area (TPSA) is 0 Å². The highest BCUT2D eigenvalue weighted by Gasteiger charge is 2.34. The average Bonchev–Trinajstić information content (AvgIpc) is 2.06. The molecule has 0 aliphatic carbocycles. The van der Waals surface area contributed by atoms with Gasteiger partial charge in [0.25, 0.3) is 0 Å². The van der Waals surface area contributed by atoms with Crippen molar-refractivity contribution in [2.24, 2.45) is 0 Å². The van der Waals surface area contributed by atoms with Crippen LogP contribution in [0.25, 0.3) is 0 Å². The molecule has 0 aliphatic heterocycles. The van der Waals surface area contributed by atoms with Crippen LogP contribution in [0.1, 0.15) is 16.7 Å². The summed E-state index contributed by atoms with van der Waals surface area (Å²) in [5.41, 5.74) is -0.436. The summed E-state index contributed by atoms with van der Waals surface area (Å²) in [5, 5.41) is 0.149. The predicted molar refractivity (Wildman–Crippen MR) is 50.9 cm³/mol. The van der Waals surface area contributed by atoms with Crippen LogP contribution < -0.4 is 0 Å². The van der Waals surface area contributed by atoms with Gasteiger partial charge in [0.2, 0.25) is 0 Å². The van der Waals surface area contributed by atoms with E-state index in [-0.39, 0.29) is 15.6 Å². The lowest BCUT2D eigenvalue weighted by Gasteiger charge is -2.13. The molecule has 0 aliphatic rings. The quantitative estimate of drug-likeness (QED) is 0.623. The van der Waals surface area contributed by atoms with E-state index in [0.717, 1.165) is 6.07 Å². The van der Waals surface area contributed by atoms with Crippen molar-refractivity contribution in [2.45, 2.75) is 20.0 Å². The third-order valence-electron chi connectivity index (χ3n) is 1.94. The van der Waals surface area contributed by atoms with Crippen LogP contribution in [-0.2, 0) is 6.18 Å². The number of halogens is 5. The Balaban J connectivity index is 3.49. The first-order valence-corrected chi connectivity index (χ1v) is 4.53. The first kappa shape index (κ1) is 11.7. The third kappa shape index (κ3) is 1.98. The first-order valence-electron chi connectivity index (χ1n) is 3.77. The molecule has 14 heavy (non-hydrogen) atoms. The summed E-state index contributed by atoms with van der Waals surface area (Å²) in [7, 11) is 0. The minimum Gasteiger partial charge on any atom is -0.166 e. The Kier molecular flexibility index (Phi) is 3.02. The predicted octanol–water partition coefficient (Wildman–Crippen LogP) is 4.63. The fourth-order valence-corrected chi connectivity index (χ4v) is 1.59. The van der Waals surface area contributed by atoms with Gasteiger partial charge in [-0.05, 0) is 31.0 Å². The van der Waals surface area contributed by atoms with Gasteiger partial charge in [0.05, 0.1) is 15.6 Å². The molecule has 5 heteroatoms. The SMILES string of the molecule is Cc1cc(C(F)(F)F)c(C)c(Cl)c1Cl. The Labute approximate surface area is 89.6 Å². The van der Waals surface area contributed by atoms with Gasteiger partial charge in [-0.15, -0.1) is 0 Å².